The number of halogens is 1. The molecule has 0 aliphatic carbocycles. The summed E-state index contributed by atoms with van der Waals surface area (Å²) in [7, 11) is -3.66. The fourth-order valence-electron chi connectivity index (χ4n) is 3.31. The number of sulfonamides is 1. The zero-order valence-corrected chi connectivity index (χ0v) is 16.7. The lowest BCUT2D eigenvalue weighted by Gasteiger charge is -2.30. The van der Waals surface area contributed by atoms with Crippen molar-refractivity contribution in [1.82, 2.24) is 4.90 Å². The predicted octanol–water partition coefficient (Wildman–Crippen LogP) is 2.23. The maximum Gasteiger partial charge on any atom is 0.285 e. The molecular formula is C19H21ClN4O3S. The topological polar surface area (TPSA) is 105 Å². The Bertz CT molecular complexity index is 1010. The lowest BCUT2D eigenvalue weighted by molar-refractivity contribution is 0.0715. The normalized spacial score (nSPS) is 18.0. The van der Waals surface area contributed by atoms with Crippen molar-refractivity contribution >= 4 is 39.9 Å². The molecule has 9 heteroatoms. The number of nitrogens with one attached hydrogen (secondary N) is 1. The van der Waals surface area contributed by atoms with E-state index in [1.807, 2.05) is 4.90 Å². The van der Waals surface area contributed by atoms with E-state index in [1.165, 1.54) is 6.07 Å². The van der Waals surface area contributed by atoms with E-state index in [4.69, 9.17) is 5.73 Å². The van der Waals surface area contributed by atoms with E-state index in [1.54, 1.807) is 42.5 Å². The Balaban J connectivity index is 0.00000225. The third kappa shape index (κ3) is 3.89. The molecule has 2 aromatic carbocycles. The van der Waals surface area contributed by atoms with Gasteiger partial charge in [-0.2, -0.15) is 8.42 Å². The number of fused-ring (bicyclic) bond motifs is 1. The average molecular weight is 421 g/mol. The zero-order chi connectivity index (χ0) is 19.0. The molecule has 2 aromatic rings. The molecule has 0 spiro atoms. The molecule has 28 heavy (non-hydrogen) atoms. The minimum atomic E-state index is -3.66. The van der Waals surface area contributed by atoms with Gasteiger partial charge in [0.1, 0.15) is 4.90 Å². The van der Waals surface area contributed by atoms with Crippen LogP contribution in [0.5, 0.6) is 0 Å². The summed E-state index contributed by atoms with van der Waals surface area (Å²) in [6, 6.07) is 13.8. The van der Waals surface area contributed by atoms with E-state index in [0.29, 0.717) is 29.9 Å². The Labute approximate surface area is 170 Å². The third-order valence-corrected chi connectivity index (χ3v) is 6.19. The number of hydrogen-bond donors (Lipinski definition) is 2. The molecular weight excluding hydrogens is 400 g/mol. The number of benzene rings is 2. The molecule has 0 radical (unpaired) electrons. The number of nitrogens with zero attached hydrogens (tertiary/aromatic N) is 2. The van der Waals surface area contributed by atoms with E-state index in [0.717, 1.165) is 12.8 Å². The van der Waals surface area contributed by atoms with Crippen molar-refractivity contribution in [1.29, 1.82) is 0 Å². The van der Waals surface area contributed by atoms with Crippen molar-refractivity contribution in [2.75, 3.05) is 18.4 Å². The van der Waals surface area contributed by atoms with Crippen LogP contribution in [0.2, 0.25) is 0 Å². The number of anilines is 1. The number of carbonyl (C=O) groups is 1. The van der Waals surface area contributed by atoms with Crippen LogP contribution in [0.1, 0.15) is 28.8 Å². The highest BCUT2D eigenvalue weighted by molar-refractivity contribution is 7.90. The van der Waals surface area contributed by atoms with Crippen LogP contribution in [0.4, 0.5) is 5.69 Å². The molecule has 0 saturated carbocycles. The van der Waals surface area contributed by atoms with Crippen molar-refractivity contribution in [3.63, 3.8) is 0 Å². The summed E-state index contributed by atoms with van der Waals surface area (Å²) in [6.45, 7) is 1.34. The number of piperidine rings is 1. The number of likely N-dealkylation sites (tertiary alicyclic amines) is 1. The minimum absolute atomic E-state index is 0. The molecule has 1 saturated heterocycles. The van der Waals surface area contributed by atoms with Crippen molar-refractivity contribution in [2.45, 2.75) is 23.8 Å². The second-order valence-electron chi connectivity index (χ2n) is 6.74. The average Bonchev–Trinajstić information content (AvgIpc) is 2.93. The molecule has 1 amide bonds. The van der Waals surface area contributed by atoms with E-state index < -0.39 is 10.0 Å². The van der Waals surface area contributed by atoms with Gasteiger partial charge < -0.3 is 16.0 Å². The first-order chi connectivity index (χ1) is 12.9. The molecule has 0 atom stereocenters. The lowest BCUT2D eigenvalue weighted by Crippen LogP contribution is -2.42. The second kappa shape index (κ2) is 7.90. The first-order valence-electron chi connectivity index (χ1n) is 8.80. The predicted molar refractivity (Wildman–Crippen MR) is 111 cm³/mol. The first-order valence-corrected chi connectivity index (χ1v) is 10.2. The number of amides is 1. The zero-order valence-electron chi connectivity index (χ0n) is 15.0. The Morgan fingerprint density at radius 1 is 1.07 bits per heavy atom. The van der Waals surface area contributed by atoms with Crippen molar-refractivity contribution in [3.8, 4) is 0 Å². The van der Waals surface area contributed by atoms with Gasteiger partial charge in [-0.1, -0.05) is 12.1 Å². The number of hydrogen-bond acceptors (Lipinski definition) is 5. The highest BCUT2D eigenvalue weighted by atomic mass is 35.5. The Kier molecular flexibility index (Phi) is 5.74. The van der Waals surface area contributed by atoms with Gasteiger partial charge in [0.2, 0.25) is 0 Å². The Morgan fingerprint density at radius 2 is 1.71 bits per heavy atom. The van der Waals surface area contributed by atoms with Gasteiger partial charge in [0.05, 0.1) is 0 Å². The summed E-state index contributed by atoms with van der Waals surface area (Å²) < 4.78 is 28.0. The van der Waals surface area contributed by atoms with E-state index >= 15 is 0 Å². The van der Waals surface area contributed by atoms with Crippen LogP contribution in [-0.4, -0.2) is 44.2 Å². The summed E-state index contributed by atoms with van der Waals surface area (Å²) in [5.41, 5.74) is 7.69. The highest BCUT2D eigenvalue weighted by Gasteiger charge is 2.28. The van der Waals surface area contributed by atoms with Crippen LogP contribution in [0.15, 0.2) is 57.8 Å². The van der Waals surface area contributed by atoms with Crippen LogP contribution >= 0.6 is 12.4 Å². The SMILES string of the molecule is Cl.NC1CCN(C(=O)c2ccc(NC3=NS(=O)(=O)c4ccccc43)cc2)CC1. The van der Waals surface area contributed by atoms with Crippen LogP contribution in [0.3, 0.4) is 0 Å². The smallest absolute Gasteiger partial charge is 0.285 e. The third-order valence-electron chi connectivity index (χ3n) is 4.85. The van der Waals surface area contributed by atoms with Gasteiger partial charge in [0, 0.05) is 35.9 Å². The number of rotatable bonds is 2. The van der Waals surface area contributed by atoms with Crippen molar-refractivity contribution < 1.29 is 13.2 Å². The first kappa shape index (κ1) is 20.3. The molecule has 1 fully saturated rings. The molecule has 4 rings (SSSR count). The molecule has 2 aliphatic heterocycles. The van der Waals surface area contributed by atoms with Crippen LogP contribution in [0.25, 0.3) is 0 Å². The van der Waals surface area contributed by atoms with Crippen LogP contribution < -0.4 is 11.1 Å². The molecule has 7 nitrogen and oxygen atoms in total. The maximum absolute atomic E-state index is 12.6. The summed E-state index contributed by atoms with van der Waals surface area (Å²) in [4.78, 5) is 14.6. The molecule has 0 aromatic heterocycles. The summed E-state index contributed by atoms with van der Waals surface area (Å²) >= 11 is 0. The van der Waals surface area contributed by atoms with E-state index in [-0.39, 0.29) is 35.1 Å². The Hall–Kier alpha value is -2.42. The number of carbonyl (C=O) groups excluding carboxylic acids is 1. The summed E-state index contributed by atoms with van der Waals surface area (Å²) in [6.07, 6.45) is 1.64. The van der Waals surface area contributed by atoms with E-state index in [9.17, 15) is 13.2 Å². The van der Waals surface area contributed by atoms with Crippen LogP contribution in [-0.2, 0) is 10.0 Å². The van der Waals surface area contributed by atoms with Gasteiger partial charge in [-0.3, -0.25) is 4.79 Å². The molecule has 0 bridgehead atoms. The highest BCUT2D eigenvalue weighted by Crippen LogP contribution is 2.26. The fraction of sp³-hybridized carbons (Fsp3) is 0.263. The van der Waals surface area contributed by atoms with Crippen LogP contribution in [0, 0.1) is 0 Å². The maximum atomic E-state index is 12.6. The van der Waals surface area contributed by atoms with Gasteiger partial charge in [0.25, 0.3) is 15.9 Å². The fourth-order valence-corrected chi connectivity index (χ4v) is 4.49. The molecule has 0 unspecified atom stereocenters. The quantitative estimate of drug-likeness (QED) is 0.775. The van der Waals surface area contributed by atoms with Gasteiger partial charge in [0.15, 0.2) is 5.84 Å². The number of amidine groups is 1. The monoisotopic (exact) mass is 420 g/mol. The van der Waals surface area contributed by atoms with Gasteiger partial charge >= 0.3 is 0 Å². The van der Waals surface area contributed by atoms with Gasteiger partial charge in [-0.05, 0) is 49.2 Å². The summed E-state index contributed by atoms with van der Waals surface area (Å²) in [5.74, 6) is 0.272. The van der Waals surface area contributed by atoms with Crippen molar-refractivity contribution in [2.24, 2.45) is 10.1 Å². The summed E-state index contributed by atoms with van der Waals surface area (Å²) in [5, 5.41) is 3.03. The minimum Gasteiger partial charge on any atom is -0.339 e. The molecule has 2 aliphatic rings. The Morgan fingerprint density at radius 3 is 2.39 bits per heavy atom. The largest absolute Gasteiger partial charge is 0.339 e. The van der Waals surface area contributed by atoms with Gasteiger partial charge in [-0.25, -0.2) is 0 Å². The van der Waals surface area contributed by atoms with E-state index in [2.05, 4.69) is 9.71 Å². The molecule has 148 valence electrons. The second-order valence-corrected chi connectivity index (χ2v) is 8.32. The molecule has 3 N–H and O–H groups in total. The standard InChI is InChI=1S/C19H20N4O3S.ClH/c20-14-9-11-23(12-10-14)19(24)13-5-7-15(8-6-13)21-18-16-3-1-2-4-17(16)27(25,26)22-18;/h1-8,14H,9-12,20H2,(H,21,22);1H. The van der Waals surface area contributed by atoms with Crippen molar-refractivity contribution in [3.05, 3.63) is 59.7 Å². The molecule has 2 heterocycles. The lowest BCUT2D eigenvalue weighted by atomic mass is 10.0. The number of nitrogens with two attached hydrogens (primary N) is 1. The van der Waals surface area contributed by atoms with Gasteiger partial charge in [-0.15, -0.1) is 16.8 Å².